The van der Waals surface area contributed by atoms with Gasteiger partial charge in [-0.25, -0.2) is 0 Å². The number of hydrogen-bond acceptors (Lipinski definition) is 4. The molecule has 1 amide bonds. The van der Waals surface area contributed by atoms with Gasteiger partial charge < -0.3 is 10.1 Å². The molecule has 0 unspecified atom stereocenters. The van der Waals surface area contributed by atoms with E-state index in [1.165, 1.54) is 0 Å². The molecule has 0 bridgehead atoms. The minimum Gasteiger partial charge on any atom is -0.482 e. The Morgan fingerprint density at radius 2 is 1.73 bits per heavy atom. The summed E-state index contributed by atoms with van der Waals surface area (Å²) in [4.78, 5) is 14.1. The van der Waals surface area contributed by atoms with E-state index in [1.54, 1.807) is 23.0 Å². The number of benzene rings is 4. The Hall–Kier alpha value is -3.61. The fourth-order valence-electron chi connectivity index (χ4n) is 3.61. The number of aryl methyl sites for hydroxylation is 1. The second kappa shape index (κ2) is 8.73. The van der Waals surface area contributed by atoms with E-state index in [9.17, 15) is 4.79 Å². The van der Waals surface area contributed by atoms with Crippen LogP contribution in [0.3, 0.4) is 0 Å². The fourth-order valence-corrected chi connectivity index (χ4v) is 4.08. The zero-order chi connectivity index (χ0) is 22.9. The summed E-state index contributed by atoms with van der Waals surface area (Å²) in [5.74, 6) is 0.0753. The standard InChI is InChI=1S/C25H18Cl2N4O2/c1-15-11-21-22(30-31(29-21)23-8-4-6-16-5-2-3-7-18(16)23)13-20(15)28-25(32)14-33-24-10-9-17(26)12-19(24)27/h2-13H,14H2,1H3,(H,28,32). The number of rotatable bonds is 5. The number of anilines is 1. The van der Waals surface area contributed by atoms with Gasteiger partial charge in [0, 0.05) is 16.1 Å². The molecular formula is C25H18Cl2N4O2. The summed E-state index contributed by atoms with van der Waals surface area (Å²) >= 11 is 12.0. The van der Waals surface area contributed by atoms with Crippen LogP contribution in [0.4, 0.5) is 5.69 Å². The number of nitrogens with one attached hydrogen (secondary N) is 1. The Morgan fingerprint density at radius 3 is 2.55 bits per heavy atom. The van der Waals surface area contributed by atoms with Crippen molar-refractivity contribution in [2.75, 3.05) is 11.9 Å². The van der Waals surface area contributed by atoms with Crippen molar-refractivity contribution >= 4 is 56.6 Å². The van der Waals surface area contributed by atoms with E-state index in [1.807, 2.05) is 49.4 Å². The van der Waals surface area contributed by atoms with Gasteiger partial charge in [-0.3, -0.25) is 4.79 Å². The van der Waals surface area contributed by atoms with Crippen molar-refractivity contribution < 1.29 is 9.53 Å². The summed E-state index contributed by atoms with van der Waals surface area (Å²) in [6.45, 7) is 1.71. The van der Waals surface area contributed by atoms with Crippen LogP contribution < -0.4 is 10.1 Å². The maximum absolute atomic E-state index is 12.5. The van der Waals surface area contributed by atoms with Crippen LogP contribution in [0.25, 0.3) is 27.5 Å². The highest BCUT2D eigenvalue weighted by atomic mass is 35.5. The summed E-state index contributed by atoms with van der Waals surface area (Å²) < 4.78 is 5.52. The van der Waals surface area contributed by atoms with Gasteiger partial charge in [-0.1, -0.05) is 59.6 Å². The summed E-state index contributed by atoms with van der Waals surface area (Å²) in [5, 5.41) is 15.2. The Morgan fingerprint density at radius 1 is 0.970 bits per heavy atom. The summed E-state index contributed by atoms with van der Waals surface area (Å²) in [6.07, 6.45) is 0. The highest BCUT2D eigenvalue weighted by Gasteiger charge is 2.13. The van der Waals surface area contributed by atoms with Gasteiger partial charge >= 0.3 is 0 Å². The fraction of sp³-hybridized carbons (Fsp3) is 0.0800. The molecule has 5 rings (SSSR count). The zero-order valence-electron chi connectivity index (χ0n) is 17.5. The number of ether oxygens (including phenoxy) is 1. The quantitative estimate of drug-likeness (QED) is 0.327. The molecule has 0 fully saturated rings. The lowest BCUT2D eigenvalue weighted by atomic mass is 10.1. The molecule has 0 radical (unpaired) electrons. The molecule has 0 aliphatic heterocycles. The van der Waals surface area contributed by atoms with Crippen LogP contribution in [0, 0.1) is 6.92 Å². The first-order chi connectivity index (χ1) is 16.0. The van der Waals surface area contributed by atoms with Crippen molar-refractivity contribution in [1.29, 1.82) is 0 Å². The molecule has 0 aliphatic carbocycles. The molecule has 5 aromatic rings. The van der Waals surface area contributed by atoms with Gasteiger partial charge in [0.05, 0.1) is 10.7 Å². The zero-order valence-corrected chi connectivity index (χ0v) is 19.1. The summed E-state index contributed by atoms with van der Waals surface area (Å²) in [7, 11) is 0. The largest absolute Gasteiger partial charge is 0.482 e. The topological polar surface area (TPSA) is 69.0 Å². The number of aromatic nitrogens is 3. The molecule has 0 aliphatic rings. The van der Waals surface area contributed by atoms with Crippen LogP contribution in [-0.2, 0) is 4.79 Å². The predicted molar refractivity (Wildman–Crippen MR) is 132 cm³/mol. The van der Waals surface area contributed by atoms with Crippen LogP contribution in [0.2, 0.25) is 10.0 Å². The molecule has 4 aromatic carbocycles. The Labute approximate surface area is 199 Å². The van der Waals surface area contributed by atoms with Gasteiger partial charge in [-0.2, -0.15) is 0 Å². The lowest BCUT2D eigenvalue weighted by molar-refractivity contribution is -0.118. The van der Waals surface area contributed by atoms with Crippen LogP contribution in [0.1, 0.15) is 5.56 Å². The molecule has 1 heterocycles. The maximum Gasteiger partial charge on any atom is 0.262 e. The maximum atomic E-state index is 12.5. The van der Waals surface area contributed by atoms with Gasteiger partial charge in [0.15, 0.2) is 6.61 Å². The molecule has 0 atom stereocenters. The minimum absolute atomic E-state index is 0.193. The average molecular weight is 477 g/mol. The van der Waals surface area contributed by atoms with E-state index < -0.39 is 0 Å². The van der Waals surface area contributed by atoms with Gasteiger partial charge in [-0.05, 0) is 54.3 Å². The van der Waals surface area contributed by atoms with E-state index >= 15 is 0 Å². The molecule has 1 aromatic heterocycles. The first kappa shape index (κ1) is 21.2. The minimum atomic E-state index is -0.315. The van der Waals surface area contributed by atoms with E-state index in [0.717, 1.165) is 27.5 Å². The van der Waals surface area contributed by atoms with Crippen molar-refractivity contribution in [1.82, 2.24) is 15.0 Å². The van der Waals surface area contributed by atoms with Crippen molar-refractivity contribution in [3.63, 3.8) is 0 Å². The van der Waals surface area contributed by atoms with Gasteiger partial charge in [0.2, 0.25) is 0 Å². The summed E-state index contributed by atoms with van der Waals surface area (Å²) in [6, 6.07) is 22.7. The molecular weight excluding hydrogens is 459 g/mol. The van der Waals surface area contributed by atoms with Crippen molar-refractivity contribution in [2.45, 2.75) is 6.92 Å². The predicted octanol–water partition coefficient (Wildman–Crippen LogP) is 6.21. The van der Waals surface area contributed by atoms with Crippen molar-refractivity contribution in [3.8, 4) is 11.4 Å². The Kier molecular flexibility index (Phi) is 5.62. The number of amides is 1. The number of hydrogen-bond donors (Lipinski definition) is 1. The normalized spacial score (nSPS) is 11.1. The third-order valence-corrected chi connectivity index (χ3v) is 5.77. The molecule has 0 saturated heterocycles. The van der Waals surface area contributed by atoms with Crippen molar-refractivity contribution in [2.24, 2.45) is 0 Å². The number of carbonyl (C=O) groups excluding carboxylic acids is 1. The van der Waals surface area contributed by atoms with E-state index in [4.69, 9.17) is 27.9 Å². The third-order valence-electron chi connectivity index (χ3n) is 5.24. The number of carbonyl (C=O) groups is 1. The highest BCUT2D eigenvalue weighted by Crippen LogP contribution is 2.28. The van der Waals surface area contributed by atoms with Crippen LogP contribution >= 0.6 is 23.2 Å². The SMILES string of the molecule is Cc1cc2nn(-c3cccc4ccccc34)nc2cc1NC(=O)COc1ccc(Cl)cc1Cl. The molecule has 33 heavy (non-hydrogen) atoms. The average Bonchev–Trinajstić information content (AvgIpc) is 3.20. The molecule has 6 nitrogen and oxygen atoms in total. The highest BCUT2D eigenvalue weighted by molar-refractivity contribution is 6.35. The van der Waals surface area contributed by atoms with E-state index in [0.29, 0.717) is 27.0 Å². The Balaban J connectivity index is 1.38. The molecule has 164 valence electrons. The van der Waals surface area contributed by atoms with Crippen LogP contribution in [-0.4, -0.2) is 27.5 Å². The van der Waals surface area contributed by atoms with Crippen LogP contribution in [0.5, 0.6) is 5.75 Å². The second-order valence-corrected chi connectivity index (χ2v) is 8.40. The second-order valence-electron chi connectivity index (χ2n) is 7.56. The molecule has 0 spiro atoms. The van der Waals surface area contributed by atoms with Gasteiger partial charge in [0.25, 0.3) is 5.91 Å². The summed E-state index contributed by atoms with van der Waals surface area (Å²) in [5.41, 5.74) is 3.81. The van der Waals surface area contributed by atoms with E-state index in [-0.39, 0.29) is 12.5 Å². The smallest absolute Gasteiger partial charge is 0.262 e. The van der Waals surface area contributed by atoms with Gasteiger partial charge in [0.1, 0.15) is 16.8 Å². The first-order valence-electron chi connectivity index (χ1n) is 10.2. The molecule has 8 heteroatoms. The van der Waals surface area contributed by atoms with Crippen molar-refractivity contribution in [3.05, 3.63) is 88.4 Å². The number of fused-ring (bicyclic) bond motifs is 2. The Bertz CT molecular complexity index is 1510. The first-order valence-corrected chi connectivity index (χ1v) is 11.0. The lowest BCUT2D eigenvalue weighted by Gasteiger charge is -2.10. The monoisotopic (exact) mass is 476 g/mol. The molecule has 0 saturated carbocycles. The number of halogens is 2. The lowest BCUT2D eigenvalue weighted by Crippen LogP contribution is -2.20. The molecule has 1 N–H and O–H groups in total. The van der Waals surface area contributed by atoms with Gasteiger partial charge in [-0.15, -0.1) is 15.0 Å². The third kappa shape index (κ3) is 4.35. The van der Waals surface area contributed by atoms with E-state index in [2.05, 4.69) is 27.6 Å². The number of nitrogens with zero attached hydrogens (tertiary/aromatic N) is 3. The van der Waals surface area contributed by atoms with Crippen LogP contribution in [0.15, 0.2) is 72.8 Å².